The van der Waals surface area contributed by atoms with Gasteiger partial charge in [-0.1, -0.05) is 41.9 Å². The third kappa shape index (κ3) is 4.49. The van der Waals surface area contributed by atoms with Gasteiger partial charge in [-0.15, -0.1) is 0 Å². The lowest BCUT2D eigenvalue weighted by Crippen LogP contribution is -2.32. The summed E-state index contributed by atoms with van der Waals surface area (Å²) in [7, 11) is 0. The van der Waals surface area contributed by atoms with E-state index < -0.39 is 0 Å². The van der Waals surface area contributed by atoms with E-state index in [9.17, 15) is 14.4 Å². The molecule has 0 saturated carbocycles. The van der Waals surface area contributed by atoms with Crippen LogP contribution < -0.4 is 10.2 Å². The molecule has 7 heteroatoms. The molecule has 6 nitrogen and oxygen atoms in total. The smallest absolute Gasteiger partial charge is 0.227 e. The molecule has 0 radical (unpaired) electrons. The molecule has 2 saturated heterocycles. The van der Waals surface area contributed by atoms with Crippen LogP contribution in [0, 0.1) is 5.92 Å². The maximum absolute atomic E-state index is 12.6. The fraction of sp³-hybridized carbons (Fsp3) is 0.348. The Kier molecular flexibility index (Phi) is 6.04. The van der Waals surface area contributed by atoms with E-state index in [1.807, 2.05) is 42.5 Å². The fourth-order valence-corrected chi connectivity index (χ4v) is 4.18. The summed E-state index contributed by atoms with van der Waals surface area (Å²) in [5, 5.41) is 3.55. The van der Waals surface area contributed by atoms with Crippen molar-refractivity contribution in [2.75, 3.05) is 18.0 Å². The van der Waals surface area contributed by atoms with E-state index in [0.717, 1.165) is 29.8 Å². The van der Waals surface area contributed by atoms with Crippen LogP contribution in [0.1, 0.15) is 30.4 Å². The highest BCUT2D eigenvalue weighted by molar-refractivity contribution is 6.31. The summed E-state index contributed by atoms with van der Waals surface area (Å²) in [6, 6.07) is 15.1. The number of anilines is 1. The number of hydrogen-bond donors (Lipinski definition) is 1. The molecule has 3 amide bonds. The average Bonchev–Trinajstić information content (AvgIpc) is 3.34. The standard InChI is InChI=1S/C23H24ClN3O3/c24-20-5-2-1-4-17(20)14-26-15-18(12-22(26)29)23(30)25-13-16-7-9-19(10-8-16)27-11-3-6-21(27)28/h1-2,4-5,7-10,18H,3,6,11-15H2,(H,25,30)/t18-/m1/s1. The topological polar surface area (TPSA) is 69.7 Å². The highest BCUT2D eigenvalue weighted by atomic mass is 35.5. The lowest BCUT2D eigenvalue weighted by Gasteiger charge is -2.18. The number of hydrogen-bond acceptors (Lipinski definition) is 3. The molecule has 2 aromatic carbocycles. The number of likely N-dealkylation sites (tertiary alicyclic amines) is 1. The number of carbonyl (C=O) groups excluding carboxylic acids is 3. The molecule has 1 atom stereocenters. The van der Waals surface area contributed by atoms with E-state index in [1.165, 1.54) is 0 Å². The summed E-state index contributed by atoms with van der Waals surface area (Å²) in [6.45, 7) is 1.96. The summed E-state index contributed by atoms with van der Waals surface area (Å²) < 4.78 is 0. The second-order valence-corrected chi connectivity index (χ2v) is 8.21. The predicted octanol–water partition coefficient (Wildman–Crippen LogP) is 3.13. The van der Waals surface area contributed by atoms with Gasteiger partial charge in [0.2, 0.25) is 17.7 Å². The number of amides is 3. The maximum Gasteiger partial charge on any atom is 0.227 e. The van der Waals surface area contributed by atoms with Gasteiger partial charge < -0.3 is 15.1 Å². The van der Waals surface area contributed by atoms with E-state index in [-0.39, 0.29) is 30.1 Å². The van der Waals surface area contributed by atoms with Crippen LogP contribution in [0.5, 0.6) is 0 Å². The van der Waals surface area contributed by atoms with Gasteiger partial charge in [-0.2, -0.15) is 0 Å². The van der Waals surface area contributed by atoms with Crippen LogP contribution in [-0.2, 0) is 27.5 Å². The van der Waals surface area contributed by atoms with Crippen LogP contribution in [-0.4, -0.2) is 35.7 Å². The van der Waals surface area contributed by atoms with Crippen molar-refractivity contribution in [3.63, 3.8) is 0 Å². The highest BCUT2D eigenvalue weighted by Gasteiger charge is 2.34. The minimum Gasteiger partial charge on any atom is -0.352 e. The van der Waals surface area contributed by atoms with Crippen LogP contribution in [0.15, 0.2) is 48.5 Å². The third-order valence-corrected chi connectivity index (χ3v) is 6.06. The van der Waals surface area contributed by atoms with E-state index >= 15 is 0 Å². The first-order valence-electron chi connectivity index (χ1n) is 10.2. The van der Waals surface area contributed by atoms with Crippen molar-refractivity contribution < 1.29 is 14.4 Å². The molecular formula is C23H24ClN3O3. The molecule has 0 unspecified atom stereocenters. The van der Waals surface area contributed by atoms with Gasteiger partial charge in [0, 0.05) is 49.7 Å². The lowest BCUT2D eigenvalue weighted by atomic mass is 10.1. The van der Waals surface area contributed by atoms with Crippen molar-refractivity contribution in [1.82, 2.24) is 10.2 Å². The first kappa shape index (κ1) is 20.4. The van der Waals surface area contributed by atoms with Gasteiger partial charge in [0.15, 0.2) is 0 Å². The molecule has 2 fully saturated rings. The van der Waals surface area contributed by atoms with Crippen LogP contribution in [0.25, 0.3) is 0 Å². The quantitative estimate of drug-likeness (QED) is 0.773. The number of rotatable bonds is 6. The lowest BCUT2D eigenvalue weighted by molar-refractivity contribution is -0.129. The van der Waals surface area contributed by atoms with E-state index in [0.29, 0.717) is 31.1 Å². The second kappa shape index (κ2) is 8.88. The molecule has 156 valence electrons. The molecule has 4 rings (SSSR count). The van der Waals surface area contributed by atoms with E-state index in [1.54, 1.807) is 15.9 Å². The zero-order chi connectivity index (χ0) is 21.1. The normalized spacial score (nSPS) is 18.9. The van der Waals surface area contributed by atoms with Gasteiger partial charge in [-0.25, -0.2) is 0 Å². The Balaban J connectivity index is 1.29. The Hall–Kier alpha value is -2.86. The molecule has 30 heavy (non-hydrogen) atoms. The third-order valence-electron chi connectivity index (χ3n) is 5.69. The number of halogens is 1. The minimum atomic E-state index is -0.360. The number of nitrogens with one attached hydrogen (secondary N) is 1. The number of carbonyl (C=O) groups is 3. The SMILES string of the molecule is O=C(NCc1ccc(N2CCCC2=O)cc1)[C@@H]1CC(=O)N(Cc2ccccc2Cl)C1. The Morgan fingerprint density at radius 1 is 1.07 bits per heavy atom. The van der Waals surface area contributed by atoms with Crippen molar-refractivity contribution in [2.24, 2.45) is 5.92 Å². The number of benzene rings is 2. The second-order valence-electron chi connectivity index (χ2n) is 7.80. The largest absolute Gasteiger partial charge is 0.352 e. The number of nitrogens with zero attached hydrogens (tertiary/aromatic N) is 2. The van der Waals surface area contributed by atoms with Gasteiger partial charge in [0.25, 0.3) is 0 Å². The van der Waals surface area contributed by atoms with Crippen LogP contribution in [0.2, 0.25) is 5.02 Å². The summed E-state index contributed by atoms with van der Waals surface area (Å²) in [5.74, 6) is -0.358. The molecule has 2 aliphatic heterocycles. The fourth-order valence-electron chi connectivity index (χ4n) is 3.98. The predicted molar refractivity (Wildman–Crippen MR) is 115 cm³/mol. The monoisotopic (exact) mass is 425 g/mol. The van der Waals surface area contributed by atoms with Crippen molar-refractivity contribution in [3.05, 3.63) is 64.7 Å². The van der Waals surface area contributed by atoms with Crippen LogP contribution >= 0.6 is 11.6 Å². The van der Waals surface area contributed by atoms with E-state index in [2.05, 4.69) is 5.32 Å². The summed E-state index contributed by atoms with van der Waals surface area (Å²) in [5.41, 5.74) is 2.73. The summed E-state index contributed by atoms with van der Waals surface area (Å²) in [6.07, 6.45) is 1.71. The Labute approximate surface area is 180 Å². The summed E-state index contributed by atoms with van der Waals surface area (Å²) >= 11 is 6.19. The zero-order valence-electron chi connectivity index (χ0n) is 16.6. The van der Waals surface area contributed by atoms with E-state index in [4.69, 9.17) is 11.6 Å². The highest BCUT2D eigenvalue weighted by Crippen LogP contribution is 2.24. The van der Waals surface area contributed by atoms with Crippen LogP contribution in [0.3, 0.4) is 0 Å². The van der Waals surface area contributed by atoms with Gasteiger partial charge in [0.05, 0.1) is 5.92 Å². The Morgan fingerprint density at radius 2 is 1.83 bits per heavy atom. The first-order valence-corrected chi connectivity index (χ1v) is 10.6. The molecule has 0 bridgehead atoms. The maximum atomic E-state index is 12.6. The van der Waals surface area contributed by atoms with Crippen molar-refractivity contribution in [1.29, 1.82) is 0 Å². The summed E-state index contributed by atoms with van der Waals surface area (Å²) in [4.78, 5) is 40.2. The zero-order valence-corrected chi connectivity index (χ0v) is 17.4. The molecule has 0 spiro atoms. The molecule has 2 aromatic rings. The van der Waals surface area contributed by atoms with Crippen molar-refractivity contribution in [3.8, 4) is 0 Å². The Bertz CT molecular complexity index is 960. The molecule has 0 aliphatic carbocycles. The average molecular weight is 426 g/mol. The molecule has 1 N–H and O–H groups in total. The van der Waals surface area contributed by atoms with Gasteiger partial charge in [-0.05, 0) is 35.7 Å². The first-order chi connectivity index (χ1) is 14.5. The van der Waals surface area contributed by atoms with Gasteiger partial charge in [-0.3, -0.25) is 14.4 Å². The molecule has 2 heterocycles. The van der Waals surface area contributed by atoms with Gasteiger partial charge >= 0.3 is 0 Å². The van der Waals surface area contributed by atoms with Crippen molar-refractivity contribution in [2.45, 2.75) is 32.4 Å². The van der Waals surface area contributed by atoms with Crippen molar-refractivity contribution >= 4 is 35.0 Å². The van der Waals surface area contributed by atoms with Gasteiger partial charge in [0.1, 0.15) is 0 Å². The molecular weight excluding hydrogens is 402 g/mol. The molecule has 2 aliphatic rings. The Morgan fingerprint density at radius 3 is 2.53 bits per heavy atom. The molecule has 0 aromatic heterocycles. The van der Waals surface area contributed by atoms with Crippen LogP contribution in [0.4, 0.5) is 5.69 Å². The minimum absolute atomic E-state index is 0.0327.